The van der Waals surface area contributed by atoms with Gasteiger partial charge in [0, 0.05) is 23.8 Å². The molecule has 0 spiro atoms. The standard InChI is InChI=1S/C15H21N3/c1-3-4-10-18(2)11-12-7-8-14(16)13-6-5-9-17-15(12)13/h5-9H,3-4,10-11,16H2,1-2H3. The van der Waals surface area contributed by atoms with Crippen molar-refractivity contribution in [2.75, 3.05) is 19.3 Å². The number of nitrogen functional groups attached to an aromatic ring is 1. The molecule has 1 aromatic heterocycles. The highest BCUT2D eigenvalue weighted by molar-refractivity contribution is 5.92. The Morgan fingerprint density at radius 1 is 1.28 bits per heavy atom. The normalized spacial score (nSPS) is 11.3. The minimum absolute atomic E-state index is 0.804. The summed E-state index contributed by atoms with van der Waals surface area (Å²) in [6.07, 6.45) is 4.29. The predicted molar refractivity (Wildman–Crippen MR) is 77.4 cm³/mol. The predicted octanol–water partition coefficient (Wildman–Crippen LogP) is 3.05. The van der Waals surface area contributed by atoms with Crippen molar-refractivity contribution in [3.63, 3.8) is 0 Å². The molecule has 1 aromatic carbocycles. The molecule has 2 rings (SSSR count). The van der Waals surface area contributed by atoms with E-state index in [1.165, 1.54) is 18.4 Å². The second-order valence-corrected chi connectivity index (χ2v) is 4.80. The molecule has 0 saturated heterocycles. The zero-order valence-electron chi connectivity index (χ0n) is 11.2. The van der Waals surface area contributed by atoms with Gasteiger partial charge in [-0.25, -0.2) is 0 Å². The lowest BCUT2D eigenvalue weighted by Crippen LogP contribution is -2.19. The molecular weight excluding hydrogens is 222 g/mol. The Morgan fingerprint density at radius 2 is 2.11 bits per heavy atom. The number of benzene rings is 1. The zero-order chi connectivity index (χ0) is 13.0. The SMILES string of the molecule is CCCCN(C)Cc1ccc(N)c2cccnc12. The van der Waals surface area contributed by atoms with Crippen LogP contribution in [0.25, 0.3) is 10.9 Å². The summed E-state index contributed by atoms with van der Waals surface area (Å²) in [7, 11) is 2.15. The van der Waals surface area contributed by atoms with Crippen molar-refractivity contribution in [2.45, 2.75) is 26.3 Å². The molecule has 0 aliphatic rings. The van der Waals surface area contributed by atoms with Gasteiger partial charge in [-0.2, -0.15) is 0 Å². The van der Waals surface area contributed by atoms with Crippen molar-refractivity contribution >= 4 is 16.6 Å². The summed E-state index contributed by atoms with van der Waals surface area (Å²) < 4.78 is 0. The average molecular weight is 243 g/mol. The van der Waals surface area contributed by atoms with E-state index < -0.39 is 0 Å². The lowest BCUT2D eigenvalue weighted by Gasteiger charge is -2.17. The Kier molecular flexibility index (Phi) is 4.15. The number of pyridine rings is 1. The fourth-order valence-electron chi connectivity index (χ4n) is 2.18. The highest BCUT2D eigenvalue weighted by Gasteiger charge is 2.07. The summed E-state index contributed by atoms with van der Waals surface area (Å²) in [5.74, 6) is 0. The minimum Gasteiger partial charge on any atom is -0.398 e. The van der Waals surface area contributed by atoms with Gasteiger partial charge >= 0.3 is 0 Å². The molecule has 0 aliphatic heterocycles. The van der Waals surface area contributed by atoms with E-state index in [1.54, 1.807) is 0 Å². The number of rotatable bonds is 5. The molecule has 0 unspecified atom stereocenters. The topological polar surface area (TPSA) is 42.1 Å². The smallest absolute Gasteiger partial charge is 0.0767 e. The molecule has 1 heterocycles. The summed E-state index contributed by atoms with van der Waals surface area (Å²) in [6.45, 7) is 4.26. The summed E-state index contributed by atoms with van der Waals surface area (Å²) >= 11 is 0. The van der Waals surface area contributed by atoms with E-state index in [1.807, 2.05) is 24.4 Å². The Labute approximate surface area is 109 Å². The maximum atomic E-state index is 5.98. The van der Waals surface area contributed by atoms with Crippen molar-refractivity contribution in [2.24, 2.45) is 0 Å². The highest BCUT2D eigenvalue weighted by Crippen LogP contribution is 2.23. The lowest BCUT2D eigenvalue weighted by molar-refractivity contribution is 0.322. The van der Waals surface area contributed by atoms with Gasteiger partial charge in [-0.3, -0.25) is 4.98 Å². The molecule has 2 N–H and O–H groups in total. The summed E-state index contributed by atoms with van der Waals surface area (Å²) in [5.41, 5.74) is 9.06. The number of hydrogen-bond donors (Lipinski definition) is 1. The molecular formula is C15H21N3. The Morgan fingerprint density at radius 3 is 2.89 bits per heavy atom. The molecule has 0 bridgehead atoms. The van der Waals surface area contributed by atoms with Gasteiger partial charge in [0.1, 0.15) is 0 Å². The third-order valence-electron chi connectivity index (χ3n) is 3.22. The van der Waals surface area contributed by atoms with E-state index in [2.05, 4.69) is 29.9 Å². The van der Waals surface area contributed by atoms with Gasteiger partial charge in [-0.05, 0) is 43.8 Å². The fraction of sp³-hybridized carbons (Fsp3) is 0.400. The van der Waals surface area contributed by atoms with Crippen LogP contribution in [0.5, 0.6) is 0 Å². The van der Waals surface area contributed by atoms with Crippen LogP contribution in [-0.4, -0.2) is 23.5 Å². The van der Waals surface area contributed by atoms with E-state index >= 15 is 0 Å². The summed E-state index contributed by atoms with van der Waals surface area (Å²) in [6, 6.07) is 8.04. The van der Waals surface area contributed by atoms with E-state index in [-0.39, 0.29) is 0 Å². The molecule has 96 valence electrons. The first-order valence-electron chi connectivity index (χ1n) is 6.53. The monoisotopic (exact) mass is 243 g/mol. The van der Waals surface area contributed by atoms with Gasteiger partial charge in [0.05, 0.1) is 5.52 Å². The molecule has 2 aromatic rings. The van der Waals surface area contributed by atoms with Gasteiger partial charge in [-0.1, -0.05) is 19.4 Å². The highest BCUT2D eigenvalue weighted by atomic mass is 15.1. The summed E-state index contributed by atoms with van der Waals surface area (Å²) in [5, 5.41) is 1.05. The number of aromatic nitrogens is 1. The van der Waals surface area contributed by atoms with Gasteiger partial charge in [0.2, 0.25) is 0 Å². The van der Waals surface area contributed by atoms with Crippen LogP contribution in [0.4, 0.5) is 5.69 Å². The van der Waals surface area contributed by atoms with Crippen LogP contribution in [-0.2, 0) is 6.54 Å². The van der Waals surface area contributed by atoms with Gasteiger partial charge in [0.15, 0.2) is 0 Å². The first-order chi connectivity index (χ1) is 8.72. The third kappa shape index (κ3) is 2.79. The molecule has 0 aliphatic carbocycles. The number of fused-ring (bicyclic) bond motifs is 1. The van der Waals surface area contributed by atoms with Crippen LogP contribution in [0.2, 0.25) is 0 Å². The van der Waals surface area contributed by atoms with Crippen LogP contribution < -0.4 is 5.73 Å². The second kappa shape index (κ2) is 5.83. The van der Waals surface area contributed by atoms with Crippen molar-refractivity contribution in [1.29, 1.82) is 0 Å². The van der Waals surface area contributed by atoms with Crippen LogP contribution in [0.1, 0.15) is 25.3 Å². The number of nitrogens with two attached hydrogens (primary N) is 1. The van der Waals surface area contributed by atoms with Crippen molar-refractivity contribution in [3.05, 3.63) is 36.0 Å². The molecule has 3 heteroatoms. The maximum absolute atomic E-state index is 5.98. The minimum atomic E-state index is 0.804. The van der Waals surface area contributed by atoms with Gasteiger partial charge in [0.25, 0.3) is 0 Å². The van der Waals surface area contributed by atoms with Crippen LogP contribution >= 0.6 is 0 Å². The van der Waals surface area contributed by atoms with Crippen LogP contribution in [0.3, 0.4) is 0 Å². The van der Waals surface area contributed by atoms with Gasteiger partial charge in [-0.15, -0.1) is 0 Å². The molecule has 0 amide bonds. The molecule has 3 nitrogen and oxygen atoms in total. The molecule has 0 saturated carbocycles. The van der Waals surface area contributed by atoms with Crippen LogP contribution in [0.15, 0.2) is 30.5 Å². The van der Waals surface area contributed by atoms with Crippen molar-refractivity contribution in [1.82, 2.24) is 9.88 Å². The Balaban J connectivity index is 2.26. The average Bonchev–Trinajstić information content (AvgIpc) is 2.40. The van der Waals surface area contributed by atoms with Gasteiger partial charge < -0.3 is 10.6 Å². The zero-order valence-corrected chi connectivity index (χ0v) is 11.2. The molecule has 0 atom stereocenters. The van der Waals surface area contributed by atoms with Crippen molar-refractivity contribution in [3.8, 4) is 0 Å². The van der Waals surface area contributed by atoms with E-state index in [9.17, 15) is 0 Å². The second-order valence-electron chi connectivity index (χ2n) is 4.80. The first-order valence-corrected chi connectivity index (χ1v) is 6.53. The number of hydrogen-bond acceptors (Lipinski definition) is 3. The molecule has 0 radical (unpaired) electrons. The van der Waals surface area contributed by atoms with Crippen molar-refractivity contribution < 1.29 is 0 Å². The third-order valence-corrected chi connectivity index (χ3v) is 3.22. The number of unbranched alkanes of at least 4 members (excludes halogenated alkanes) is 1. The van der Waals surface area contributed by atoms with E-state index in [0.717, 1.165) is 29.7 Å². The number of nitrogens with zero attached hydrogens (tertiary/aromatic N) is 2. The molecule has 0 fully saturated rings. The Hall–Kier alpha value is -1.61. The first kappa shape index (κ1) is 12.8. The molecule has 18 heavy (non-hydrogen) atoms. The fourth-order valence-corrected chi connectivity index (χ4v) is 2.18. The maximum Gasteiger partial charge on any atom is 0.0767 e. The summed E-state index contributed by atoms with van der Waals surface area (Å²) in [4.78, 5) is 6.81. The van der Waals surface area contributed by atoms with E-state index in [4.69, 9.17) is 5.73 Å². The number of anilines is 1. The lowest BCUT2D eigenvalue weighted by atomic mass is 10.1. The van der Waals surface area contributed by atoms with E-state index in [0.29, 0.717) is 0 Å². The Bertz CT molecular complexity index is 522. The van der Waals surface area contributed by atoms with Crippen LogP contribution in [0, 0.1) is 0 Å². The largest absolute Gasteiger partial charge is 0.398 e. The quantitative estimate of drug-likeness (QED) is 0.821.